The number of H-pyrrole nitrogens is 1. The molecule has 0 saturated carbocycles. The summed E-state index contributed by atoms with van der Waals surface area (Å²) in [6.07, 6.45) is 0. The van der Waals surface area contributed by atoms with E-state index in [-0.39, 0.29) is 17.2 Å². The molecule has 6 nitrogen and oxygen atoms in total. The van der Waals surface area contributed by atoms with Crippen molar-refractivity contribution in [3.05, 3.63) is 92.5 Å². The normalized spacial score (nSPS) is 10.8. The molecule has 0 aliphatic carbocycles. The number of thiophene rings is 1. The summed E-state index contributed by atoms with van der Waals surface area (Å²) in [5.41, 5.74) is 0.812. The Hall–Kier alpha value is -3.45. The van der Waals surface area contributed by atoms with E-state index in [2.05, 4.69) is 10.2 Å². The van der Waals surface area contributed by atoms with Crippen molar-refractivity contribution in [2.75, 3.05) is 7.11 Å². The van der Waals surface area contributed by atoms with Gasteiger partial charge in [-0.05, 0) is 23.6 Å². The van der Waals surface area contributed by atoms with Crippen LogP contribution in [0.2, 0.25) is 0 Å². The molecule has 0 spiro atoms. The van der Waals surface area contributed by atoms with Gasteiger partial charge >= 0.3 is 0 Å². The van der Waals surface area contributed by atoms with Gasteiger partial charge in [-0.3, -0.25) is 9.59 Å². The lowest BCUT2D eigenvalue weighted by molar-refractivity contribution is 0.0725. The van der Waals surface area contributed by atoms with Crippen LogP contribution in [-0.4, -0.2) is 28.1 Å². The summed E-state index contributed by atoms with van der Waals surface area (Å²) in [7, 11) is 1.61. The van der Waals surface area contributed by atoms with Crippen molar-refractivity contribution in [2.24, 2.45) is 0 Å². The number of nitrogens with one attached hydrogen (secondary N) is 1. The molecule has 1 amide bonds. The zero-order valence-corrected chi connectivity index (χ0v) is 16.6. The Morgan fingerprint density at radius 3 is 2.55 bits per heavy atom. The number of hydrogen-bond acceptors (Lipinski definition) is 5. The van der Waals surface area contributed by atoms with Gasteiger partial charge in [0.1, 0.15) is 5.75 Å². The van der Waals surface area contributed by atoms with Gasteiger partial charge in [0.05, 0.1) is 25.6 Å². The minimum absolute atomic E-state index is 0.228. The third-order valence-corrected chi connectivity index (χ3v) is 5.53. The maximum Gasteiger partial charge on any atom is 0.275 e. The molecule has 7 heteroatoms. The number of carbonyl (C=O) groups excluding carboxylic acids is 1. The maximum absolute atomic E-state index is 13.5. The first-order valence-electron chi connectivity index (χ1n) is 9.08. The highest BCUT2D eigenvalue weighted by Gasteiger charge is 2.22. The first-order valence-corrected chi connectivity index (χ1v) is 9.96. The Labute approximate surface area is 171 Å². The van der Waals surface area contributed by atoms with Crippen molar-refractivity contribution in [2.45, 2.75) is 13.1 Å². The summed E-state index contributed by atoms with van der Waals surface area (Å²) in [6, 6.07) is 18.6. The van der Waals surface area contributed by atoms with E-state index in [1.807, 2.05) is 41.8 Å². The Morgan fingerprint density at radius 1 is 1.03 bits per heavy atom. The van der Waals surface area contributed by atoms with Crippen LogP contribution in [0.15, 0.2) is 70.8 Å². The highest BCUT2D eigenvalue weighted by molar-refractivity contribution is 7.09. The number of rotatable bonds is 6. The van der Waals surface area contributed by atoms with Gasteiger partial charge in [-0.25, -0.2) is 5.10 Å². The SMILES string of the molecule is COc1ccccc1CN(Cc1cccs1)C(=O)c1n[nH]c(=O)c2ccccc12. The van der Waals surface area contributed by atoms with Crippen LogP contribution < -0.4 is 10.3 Å². The number of aromatic amines is 1. The van der Waals surface area contributed by atoms with Crippen molar-refractivity contribution >= 4 is 28.0 Å². The smallest absolute Gasteiger partial charge is 0.275 e. The van der Waals surface area contributed by atoms with E-state index in [9.17, 15) is 9.59 Å². The molecule has 2 heterocycles. The lowest BCUT2D eigenvalue weighted by Crippen LogP contribution is -2.32. The van der Waals surface area contributed by atoms with Gasteiger partial charge in [-0.15, -0.1) is 11.3 Å². The quantitative estimate of drug-likeness (QED) is 0.529. The third-order valence-electron chi connectivity index (χ3n) is 4.67. The zero-order chi connectivity index (χ0) is 20.2. The molecule has 0 unspecified atom stereocenters. The number of aromatic nitrogens is 2. The number of fused-ring (bicyclic) bond motifs is 1. The monoisotopic (exact) mass is 405 g/mol. The number of methoxy groups -OCH3 is 1. The van der Waals surface area contributed by atoms with E-state index < -0.39 is 0 Å². The van der Waals surface area contributed by atoms with Gasteiger partial charge in [0.25, 0.3) is 11.5 Å². The molecular formula is C22H19N3O3S. The van der Waals surface area contributed by atoms with Crippen LogP contribution >= 0.6 is 11.3 Å². The molecule has 1 N–H and O–H groups in total. The number of nitrogens with zero attached hydrogens (tertiary/aromatic N) is 2. The van der Waals surface area contributed by atoms with Gasteiger partial charge in [-0.2, -0.15) is 5.10 Å². The Morgan fingerprint density at radius 2 is 1.79 bits per heavy atom. The summed E-state index contributed by atoms with van der Waals surface area (Å²) in [5.74, 6) is 0.465. The largest absolute Gasteiger partial charge is 0.496 e. The van der Waals surface area contributed by atoms with Crippen LogP contribution in [0.1, 0.15) is 20.9 Å². The molecule has 0 bridgehead atoms. The molecular weight excluding hydrogens is 386 g/mol. The van der Waals surface area contributed by atoms with E-state index in [1.165, 1.54) is 0 Å². The van der Waals surface area contributed by atoms with E-state index in [1.54, 1.807) is 47.6 Å². The molecule has 0 aliphatic rings. The topological polar surface area (TPSA) is 75.3 Å². The Balaban J connectivity index is 1.76. The van der Waals surface area contributed by atoms with Crippen LogP contribution in [0.3, 0.4) is 0 Å². The molecule has 4 aromatic rings. The fourth-order valence-corrected chi connectivity index (χ4v) is 3.98. The van der Waals surface area contributed by atoms with Crippen LogP contribution in [0.25, 0.3) is 10.8 Å². The number of carbonyl (C=O) groups is 1. The zero-order valence-electron chi connectivity index (χ0n) is 15.8. The Bertz CT molecular complexity index is 1200. The minimum atomic E-state index is -0.313. The molecule has 0 aliphatic heterocycles. The fourth-order valence-electron chi connectivity index (χ4n) is 3.26. The molecule has 0 radical (unpaired) electrons. The lowest BCUT2D eigenvalue weighted by atomic mass is 10.1. The van der Waals surface area contributed by atoms with Gasteiger partial charge in [-0.1, -0.05) is 42.5 Å². The van der Waals surface area contributed by atoms with Crippen LogP contribution in [0.4, 0.5) is 0 Å². The predicted molar refractivity (Wildman–Crippen MR) is 113 cm³/mol. The average molecular weight is 405 g/mol. The summed E-state index contributed by atoms with van der Waals surface area (Å²) in [5, 5.41) is 9.50. The number of para-hydroxylation sites is 1. The third kappa shape index (κ3) is 3.90. The van der Waals surface area contributed by atoms with Gasteiger partial charge in [0.2, 0.25) is 0 Å². The molecule has 146 valence electrons. The summed E-state index contributed by atoms with van der Waals surface area (Å²) >= 11 is 1.59. The van der Waals surface area contributed by atoms with Crippen LogP contribution in [0.5, 0.6) is 5.75 Å². The van der Waals surface area contributed by atoms with Gasteiger partial charge in [0, 0.05) is 15.8 Å². The second kappa shape index (κ2) is 8.28. The van der Waals surface area contributed by atoms with Crippen LogP contribution in [-0.2, 0) is 13.1 Å². The number of ether oxygens (including phenoxy) is 1. The highest BCUT2D eigenvalue weighted by atomic mass is 32.1. The fraction of sp³-hybridized carbons (Fsp3) is 0.136. The van der Waals surface area contributed by atoms with Crippen LogP contribution in [0, 0.1) is 0 Å². The molecule has 4 rings (SSSR count). The predicted octanol–water partition coefficient (Wildman–Crippen LogP) is 3.84. The molecule has 2 aromatic heterocycles. The van der Waals surface area contributed by atoms with E-state index in [4.69, 9.17) is 4.74 Å². The maximum atomic E-state index is 13.5. The molecule has 0 saturated heterocycles. The van der Waals surface area contributed by atoms with Crippen molar-refractivity contribution in [3.63, 3.8) is 0 Å². The number of benzene rings is 2. The minimum Gasteiger partial charge on any atom is -0.496 e. The van der Waals surface area contributed by atoms with E-state index in [0.29, 0.717) is 23.9 Å². The van der Waals surface area contributed by atoms with Crippen molar-refractivity contribution < 1.29 is 9.53 Å². The highest BCUT2D eigenvalue weighted by Crippen LogP contribution is 2.24. The lowest BCUT2D eigenvalue weighted by Gasteiger charge is -2.23. The second-order valence-corrected chi connectivity index (χ2v) is 7.53. The molecule has 0 fully saturated rings. The molecule has 0 atom stereocenters. The van der Waals surface area contributed by atoms with Crippen molar-refractivity contribution in [1.29, 1.82) is 0 Å². The van der Waals surface area contributed by atoms with Gasteiger partial charge in [0.15, 0.2) is 5.69 Å². The summed E-state index contributed by atoms with van der Waals surface area (Å²) in [6.45, 7) is 0.791. The molecule has 2 aromatic carbocycles. The van der Waals surface area contributed by atoms with E-state index >= 15 is 0 Å². The summed E-state index contributed by atoms with van der Waals surface area (Å²) < 4.78 is 5.45. The van der Waals surface area contributed by atoms with Crippen molar-refractivity contribution in [1.82, 2.24) is 15.1 Å². The molecule has 29 heavy (non-hydrogen) atoms. The van der Waals surface area contributed by atoms with Crippen molar-refractivity contribution in [3.8, 4) is 5.75 Å². The van der Waals surface area contributed by atoms with E-state index in [0.717, 1.165) is 16.2 Å². The average Bonchev–Trinajstić information content (AvgIpc) is 3.27. The number of hydrogen-bond donors (Lipinski definition) is 1. The van der Waals surface area contributed by atoms with Gasteiger partial charge < -0.3 is 9.64 Å². The summed E-state index contributed by atoms with van der Waals surface area (Å²) in [4.78, 5) is 28.4. The standard InChI is InChI=1S/C22H19N3O3S/c1-28-19-11-5-2-7-15(19)13-25(14-16-8-6-12-29-16)22(27)20-17-9-3-4-10-18(17)21(26)24-23-20/h2-12H,13-14H2,1H3,(H,24,26). The second-order valence-electron chi connectivity index (χ2n) is 6.50. The first-order chi connectivity index (χ1) is 14.2. The first kappa shape index (κ1) is 18.9. The number of amides is 1. The Kier molecular flexibility index (Phi) is 5.39.